The second-order valence-corrected chi connectivity index (χ2v) is 5.72. The van der Waals surface area contributed by atoms with Gasteiger partial charge in [-0.15, -0.1) is 0 Å². The first kappa shape index (κ1) is 14.3. The Bertz CT molecular complexity index is 655. The lowest BCUT2D eigenvalue weighted by Crippen LogP contribution is -2.39. The highest BCUT2D eigenvalue weighted by molar-refractivity contribution is 9.10. The van der Waals surface area contributed by atoms with Crippen LogP contribution in [0.25, 0.3) is 11.2 Å². The van der Waals surface area contributed by atoms with Crippen LogP contribution >= 0.6 is 15.9 Å². The molecule has 114 valence electrons. The quantitative estimate of drug-likeness (QED) is 0.829. The van der Waals surface area contributed by atoms with Crippen molar-refractivity contribution in [3.63, 3.8) is 0 Å². The molecule has 0 saturated carbocycles. The number of likely N-dealkylation sites (tertiary alicyclic amines) is 1. The minimum Gasteiger partial charge on any atom is -0.450 e. The van der Waals surface area contributed by atoms with E-state index in [4.69, 9.17) is 4.74 Å². The first-order chi connectivity index (χ1) is 10.2. The summed E-state index contributed by atoms with van der Waals surface area (Å²) in [5.74, 6) is 0. The zero-order valence-corrected chi connectivity index (χ0v) is 13.4. The number of rotatable bonds is 2. The zero-order valence-electron chi connectivity index (χ0n) is 11.8. The van der Waals surface area contributed by atoms with E-state index >= 15 is 0 Å². The van der Waals surface area contributed by atoms with Crippen molar-refractivity contribution in [3.05, 3.63) is 23.1 Å². The van der Waals surface area contributed by atoms with Crippen molar-refractivity contribution >= 4 is 33.2 Å². The molecule has 0 unspecified atom stereocenters. The molecule has 0 aromatic carbocycles. The number of fused-ring (bicyclic) bond motifs is 1. The third-order valence-electron chi connectivity index (χ3n) is 3.76. The van der Waals surface area contributed by atoms with Crippen LogP contribution < -0.4 is 0 Å². The van der Waals surface area contributed by atoms with Crippen molar-refractivity contribution in [3.8, 4) is 0 Å². The van der Waals surface area contributed by atoms with Gasteiger partial charge in [-0.3, -0.25) is 0 Å². The topological polar surface area (TPSA) is 60.2 Å². The van der Waals surface area contributed by atoms with E-state index in [1.54, 1.807) is 11.1 Å². The maximum Gasteiger partial charge on any atom is 0.409 e. The molecule has 7 heteroatoms. The Morgan fingerprint density at radius 1 is 1.52 bits per heavy atom. The van der Waals surface area contributed by atoms with Crippen LogP contribution in [0.1, 0.15) is 27.2 Å². The van der Waals surface area contributed by atoms with Gasteiger partial charge in [0.1, 0.15) is 5.52 Å². The number of nitrogens with zero attached hydrogens (tertiary/aromatic N) is 4. The Hall–Kier alpha value is -1.63. The monoisotopic (exact) mass is 355 g/mol. The molecule has 0 spiro atoms. The van der Waals surface area contributed by atoms with Gasteiger partial charge >= 0.3 is 6.09 Å². The number of amides is 1. The van der Waals surface area contributed by atoms with E-state index in [9.17, 15) is 4.79 Å². The number of hydrogen-bond donors (Lipinski definition) is 0. The lowest BCUT2D eigenvalue weighted by molar-refractivity contribution is 0.0928. The van der Waals surface area contributed by atoms with Crippen LogP contribution in [-0.4, -0.2) is 45.2 Å². The molecule has 6 nitrogen and oxygen atoms in total. The number of hydrogen-bond acceptors (Lipinski definition) is 4. The predicted molar refractivity (Wildman–Crippen MR) is 84.2 cm³/mol. The number of carbonyl (C=O) groups is 1. The molecule has 2 aromatic rings. The number of imidazole rings is 1. The van der Waals surface area contributed by atoms with E-state index in [1.807, 2.05) is 19.1 Å². The van der Waals surface area contributed by atoms with Crippen molar-refractivity contribution in [2.24, 2.45) is 0 Å². The summed E-state index contributed by atoms with van der Waals surface area (Å²) in [5.41, 5.74) is 1.77. The Morgan fingerprint density at radius 2 is 2.29 bits per heavy atom. The second-order valence-electron chi connectivity index (χ2n) is 5.01. The molecule has 0 bridgehead atoms. The van der Waals surface area contributed by atoms with Crippen molar-refractivity contribution in [2.45, 2.75) is 25.8 Å². The van der Waals surface area contributed by atoms with E-state index in [2.05, 4.69) is 30.5 Å². The number of halogens is 1. The number of piperidine rings is 1. The fourth-order valence-corrected chi connectivity index (χ4v) is 3.40. The van der Waals surface area contributed by atoms with Crippen LogP contribution in [0.15, 0.2) is 23.1 Å². The maximum atomic E-state index is 11.7. The van der Waals surface area contributed by atoms with E-state index in [1.165, 1.54) is 0 Å². The molecule has 1 saturated heterocycles. The predicted octanol–water partition coefficient (Wildman–Crippen LogP) is 3.23. The molecule has 1 aliphatic heterocycles. The van der Waals surface area contributed by atoms with Gasteiger partial charge in [-0.2, -0.15) is 0 Å². The second kappa shape index (κ2) is 6.01. The summed E-state index contributed by atoms with van der Waals surface area (Å²) in [7, 11) is 0. The average Bonchev–Trinajstić information content (AvgIpc) is 2.83. The fraction of sp³-hybridized carbons (Fsp3) is 0.500. The van der Waals surface area contributed by atoms with E-state index in [-0.39, 0.29) is 7.52 Å². The normalized spacial score (nSPS) is 16.4. The van der Waals surface area contributed by atoms with Crippen LogP contribution in [0.5, 0.6) is 0 Å². The highest BCUT2D eigenvalue weighted by Gasteiger charge is 2.27. The van der Waals surface area contributed by atoms with Gasteiger partial charge in [0.2, 0.25) is 0 Å². The number of carbonyl (C=O) groups excluding carboxylic acids is 1. The van der Waals surface area contributed by atoms with Crippen LogP contribution in [-0.2, 0) is 4.74 Å². The molecule has 0 N–H and O–H groups in total. The third kappa shape index (κ3) is 2.74. The first-order valence-electron chi connectivity index (χ1n) is 7.11. The summed E-state index contributed by atoms with van der Waals surface area (Å²) in [4.78, 5) is 22.4. The van der Waals surface area contributed by atoms with Gasteiger partial charge in [0.25, 0.3) is 0 Å². The Morgan fingerprint density at radius 3 is 3.00 bits per heavy atom. The minimum absolute atomic E-state index is 0. The third-order valence-corrected chi connectivity index (χ3v) is 4.32. The van der Waals surface area contributed by atoms with E-state index < -0.39 is 0 Å². The average molecular weight is 356 g/mol. The maximum absolute atomic E-state index is 11.7. The lowest BCUT2D eigenvalue weighted by atomic mass is 10.1. The van der Waals surface area contributed by atoms with Gasteiger partial charge in [0.15, 0.2) is 10.4 Å². The summed E-state index contributed by atoms with van der Waals surface area (Å²) >= 11 is 3.52. The van der Waals surface area contributed by atoms with Gasteiger partial charge in [-0.1, -0.05) is 0 Å². The fourth-order valence-electron chi connectivity index (χ4n) is 2.75. The lowest BCUT2D eigenvalue weighted by Gasteiger charge is -2.32. The standard InChI is InChI=1S/C14H17BrN4O2.H2/c1-2-21-14(20)18-8-5-10(6-9-18)19-12-11(17-13(19)15)4-3-7-16-12;/h3-4,7,10H,2,5-6,8-9H2,1H3;1H/i;1+1. The highest BCUT2D eigenvalue weighted by Crippen LogP contribution is 2.30. The molecule has 1 amide bonds. The van der Waals surface area contributed by atoms with Crippen molar-refractivity contribution < 1.29 is 11.0 Å². The molecule has 0 atom stereocenters. The largest absolute Gasteiger partial charge is 0.450 e. The van der Waals surface area contributed by atoms with E-state index in [0.717, 1.165) is 28.7 Å². The van der Waals surface area contributed by atoms with Crippen LogP contribution in [0.3, 0.4) is 0 Å². The first-order valence-corrected chi connectivity index (χ1v) is 7.90. The molecule has 0 radical (unpaired) electrons. The number of ether oxygens (including phenoxy) is 1. The summed E-state index contributed by atoms with van der Waals surface area (Å²) in [6, 6.07) is 4.14. The molecule has 3 heterocycles. The van der Waals surface area contributed by atoms with Gasteiger partial charge < -0.3 is 14.2 Å². The molecule has 0 aliphatic carbocycles. The molecular weight excluding hydrogens is 336 g/mol. The Labute approximate surface area is 132 Å². The van der Waals surface area contributed by atoms with E-state index in [0.29, 0.717) is 25.7 Å². The van der Waals surface area contributed by atoms with Crippen LogP contribution in [0.4, 0.5) is 4.79 Å². The van der Waals surface area contributed by atoms with Gasteiger partial charge in [0, 0.05) is 26.8 Å². The minimum atomic E-state index is -0.219. The Balaban J connectivity index is 0.00000176. The SMILES string of the molecule is CCOC(=O)N1CCC(n2c(Br)nc3cccnc32)CC1.[2HH]. The summed E-state index contributed by atoms with van der Waals surface area (Å²) in [6.07, 6.45) is 3.31. The Kier molecular flexibility index (Phi) is 4.10. The molecule has 2 aromatic heterocycles. The van der Waals surface area contributed by atoms with Crippen LogP contribution in [0, 0.1) is 0 Å². The van der Waals surface area contributed by atoms with Crippen LogP contribution in [0.2, 0.25) is 0 Å². The van der Waals surface area contributed by atoms with Crippen molar-refractivity contribution in [2.75, 3.05) is 19.7 Å². The smallest absolute Gasteiger partial charge is 0.409 e. The highest BCUT2D eigenvalue weighted by atomic mass is 79.9. The summed E-state index contributed by atoms with van der Waals surface area (Å²) < 4.78 is 7.97. The molecule has 21 heavy (non-hydrogen) atoms. The molecule has 3 rings (SSSR count). The number of pyridine rings is 1. The molecular formula is C14H19BrN4O2. The van der Waals surface area contributed by atoms with Gasteiger partial charge in [-0.25, -0.2) is 14.8 Å². The molecule has 1 fully saturated rings. The summed E-state index contributed by atoms with van der Waals surface area (Å²) in [6.45, 7) is 3.64. The van der Waals surface area contributed by atoms with Crippen molar-refractivity contribution in [1.29, 1.82) is 0 Å². The van der Waals surface area contributed by atoms with Gasteiger partial charge in [0.05, 0.1) is 6.61 Å². The van der Waals surface area contributed by atoms with Gasteiger partial charge in [-0.05, 0) is 47.8 Å². The van der Waals surface area contributed by atoms with Crippen molar-refractivity contribution in [1.82, 2.24) is 19.4 Å². The zero-order chi connectivity index (χ0) is 14.8. The molecule has 1 aliphatic rings. The number of aromatic nitrogens is 3. The summed E-state index contributed by atoms with van der Waals surface area (Å²) in [5, 5.41) is 0.